The van der Waals surface area contributed by atoms with Crippen LogP contribution >= 0.6 is 15.9 Å². The molecule has 2 rings (SSSR count). The van der Waals surface area contributed by atoms with Crippen LogP contribution in [0, 0.1) is 6.92 Å². The van der Waals surface area contributed by atoms with Crippen molar-refractivity contribution in [1.29, 1.82) is 0 Å². The lowest BCUT2D eigenvalue weighted by molar-refractivity contribution is 0.201. The fourth-order valence-corrected chi connectivity index (χ4v) is 2.52. The van der Waals surface area contributed by atoms with Gasteiger partial charge in [0.15, 0.2) is 0 Å². The number of likely N-dealkylation sites (N-methyl/N-ethyl adjacent to an activating group) is 1. The van der Waals surface area contributed by atoms with Crippen molar-refractivity contribution < 1.29 is 0 Å². The van der Waals surface area contributed by atoms with E-state index in [0.717, 1.165) is 19.6 Å². The van der Waals surface area contributed by atoms with Crippen molar-refractivity contribution in [1.82, 2.24) is 10.2 Å². The lowest BCUT2D eigenvalue weighted by atomic mass is 9.99. The lowest BCUT2D eigenvalue weighted by Crippen LogP contribution is -2.44. The van der Waals surface area contributed by atoms with Crippen LogP contribution in [0.5, 0.6) is 0 Å². The molecule has 0 aliphatic carbocycles. The summed E-state index contributed by atoms with van der Waals surface area (Å²) in [6, 6.07) is 6.97. The van der Waals surface area contributed by atoms with Gasteiger partial charge in [-0.1, -0.05) is 28.1 Å². The molecule has 1 fully saturated rings. The molecule has 0 aromatic heterocycles. The smallest absolute Gasteiger partial charge is 0.0473 e. The first-order chi connectivity index (χ1) is 7.20. The van der Waals surface area contributed by atoms with E-state index in [1.54, 1.807) is 0 Å². The van der Waals surface area contributed by atoms with Crippen LogP contribution < -0.4 is 5.32 Å². The Hall–Kier alpha value is -0.380. The minimum Gasteiger partial charge on any atom is -0.314 e. The molecule has 1 aromatic rings. The molecule has 1 saturated heterocycles. The van der Waals surface area contributed by atoms with Crippen molar-refractivity contribution in [3.8, 4) is 0 Å². The normalized spacial score (nSPS) is 23.0. The van der Waals surface area contributed by atoms with Gasteiger partial charge in [-0.25, -0.2) is 0 Å². The minimum atomic E-state index is 0.510. The summed E-state index contributed by atoms with van der Waals surface area (Å²) in [4.78, 5) is 2.42. The van der Waals surface area contributed by atoms with Crippen molar-refractivity contribution >= 4 is 15.9 Å². The molecule has 0 bridgehead atoms. The molecule has 15 heavy (non-hydrogen) atoms. The van der Waals surface area contributed by atoms with E-state index in [1.807, 2.05) is 0 Å². The molecule has 1 N–H and O–H groups in total. The van der Waals surface area contributed by atoms with Gasteiger partial charge >= 0.3 is 0 Å². The first-order valence-corrected chi connectivity index (χ1v) is 6.15. The predicted octanol–water partition coefficient (Wildman–Crippen LogP) is 2.33. The molecule has 1 unspecified atom stereocenters. The van der Waals surface area contributed by atoms with Gasteiger partial charge in [0.1, 0.15) is 0 Å². The quantitative estimate of drug-likeness (QED) is 0.841. The second-order valence-corrected chi connectivity index (χ2v) is 5.01. The Bertz CT molecular complexity index is 351. The van der Waals surface area contributed by atoms with Crippen molar-refractivity contribution in [2.24, 2.45) is 0 Å². The molecule has 1 heterocycles. The van der Waals surface area contributed by atoms with Gasteiger partial charge in [0.05, 0.1) is 0 Å². The second-order valence-electron chi connectivity index (χ2n) is 4.15. The number of rotatable bonds is 1. The van der Waals surface area contributed by atoms with Crippen molar-refractivity contribution in [3.63, 3.8) is 0 Å². The average Bonchev–Trinajstić information content (AvgIpc) is 2.23. The van der Waals surface area contributed by atoms with Crippen LogP contribution in [0.15, 0.2) is 22.7 Å². The molecular formula is C12H17BrN2. The monoisotopic (exact) mass is 268 g/mol. The molecule has 3 heteroatoms. The van der Waals surface area contributed by atoms with Crippen molar-refractivity contribution in [3.05, 3.63) is 33.8 Å². The van der Waals surface area contributed by atoms with E-state index < -0.39 is 0 Å². The van der Waals surface area contributed by atoms with E-state index in [9.17, 15) is 0 Å². The number of hydrogen-bond acceptors (Lipinski definition) is 2. The molecule has 1 aliphatic heterocycles. The topological polar surface area (TPSA) is 15.3 Å². The summed E-state index contributed by atoms with van der Waals surface area (Å²) in [7, 11) is 2.20. The number of nitrogens with one attached hydrogen (secondary N) is 1. The zero-order valence-corrected chi connectivity index (χ0v) is 10.8. The third-order valence-corrected chi connectivity index (χ3v) is 4.04. The van der Waals surface area contributed by atoms with Gasteiger partial charge in [0.2, 0.25) is 0 Å². The van der Waals surface area contributed by atoms with Gasteiger partial charge in [0, 0.05) is 30.1 Å². The molecule has 1 aliphatic rings. The maximum Gasteiger partial charge on any atom is 0.0473 e. The number of halogens is 1. The molecular weight excluding hydrogens is 252 g/mol. The third-order valence-electron chi connectivity index (χ3n) is 3.18. The average molecular weight is 269 g/mol. The molecule has 0 amide bonds. The summed E-state index contributed by atoms with van der Waals surface area (Å²) in [6.45, 7) is 5.45. The molecule has 0 radical (unpaired) electrons. The van der Waals surface area contributed by atoms with Gasteiger partial charge in [-0.2, -0.15) is 0 Å². The second kappa shape index (κ2) is 4.64. The molecule has 0 saturated carbocycles. The Kier molecular flexibility index (Phi) is 3.44. The fraction of sp³-hybridized carbons (Fsp3) is 0.500. The van der Waals surface area contributed by atoms with Crippen LogP contribution in [0.3, 0.4) is 0 Å². The lowest BCUT2D eigenvalue weighted by Gasteiger charge is -2.34. The highest BCUT2D eigenvalue weighted by molar-refractivity contribution is 9.10. The van der Waals surface area contributed by atoms with Crippen LogP contribution in [0.25, 0.3) is 0 Å². The Labute approximate surface area is 99.8 Å². The first kappa shape index (κ1) is 11.1. The van der Waals surface area contributed by atoms with E-state index >= 15 is 0 Å². The predicted molar refractivity (Wildman–Crippen MR) is 67.1 cm³/mol. The highest BCUT2D eigenvalue weighted by Gasteiger charge is 2.21. The molecule has 2 nitrogen and oxygen atoms in total. The summed E-state index contributed by atoms with van der Waals surface area (Å²) in [5.74, 6) is 0. The molecule has 82 valence electrons. The van der Waals surface area contributed by atoms with Crippen LogP contribution in [0.1, 0.15) is 17.2 Å². The zero-order valence-electron chi connectivity index (χ0n) is 9.26. The Morgan fingerprint density at radius 3 is 3.00 bits per heavy atom. The number of benzene rings is 1. The maximum atomic E-state index is 3.59. The summed E-state index contributed by atoms with van der Waals surface area (Å²) in [5.41, 5.74) is 2.79. The van der Waals surface area contributed by atoms with E-state index in [0.29, 0.717) is 6.04 Å². The summed E-state index contributed by atoms with van der Waals surface area (Å²) < 4.78 is 1.21. The van der Waals surface area contributed by atoms with Crippen LogP contribution in [0.2, 0.25) is 0 Å². The number of hydrogen-bond donors (Lipinski definition) is 1. The Morgan fingerprint density at radius 1 is 1.47 bits per heavy atom. The van der Waals surface area contributed by atoms with E-state index in [4.69, 9.17) is 0 Å². The van der Waals surface area contributed by atoms with E-state index in [-0.39, 0.29) is 0 Å². The van der Waals surface area contributed by atoms with Gasteiger partial charge in [-0.05, 0) is 31.2 Å². The van der Waals surface area contributed by atoms with E-state index in [1.165, 1.54) is 15.6 Å². The number of piperazine rings is 1. The first-order valence-electron chi connectivity index (χ1n) is 5.36. The van der Waals surface area contributed by atoms with Crippen LogP contribution in [-0.4, -0.2) is 31.6 Å². The fourth-order valence-electron chi connectivity index (χ4n) is 2.14. The molecule has 1 aromatic carbocycles. The number of nitrogens with zero attached hydrogens (tertiary/aromatic N) is 1. The van der Waals surface area contributed by atoms with Crippen LogP contribution in [0.4, 0.5) is 0 Å². The highest BCUT2D eigenvalue weighted by atomic mass is 79.9. The summed E-state index contributed by atoms with van der Waals surface area (Å²) in [6.07, 6.45) is 0. The zero-order chi connectivity index (χ0) is 10.8. The minimum absolute atomic E-state index is 0.510. The highest BCUT2D eigenvalue weighted by Crippen LogP contribution is 2.28. The van der Waals surface area contributed by atoms with Crippen LogP contribution in [-0.2, 0) is 0 Å². The summed E-state index contributed by atoms with van der Waals surface area (Å²) >= 11 is 3.59. The Balaban J connectivity index is 2.31. The summed E-state index contributed by atoms with van der Waals surface area (Å²) in [5, 5.41) is 3.45. The molecule has 1 atom stereocenters. The molecule has 0 spiro atoms. The standard InChI is InChI=1S/C12H17BrN2/c1-9-10(4-3-5-11(9)13)12-8-14-6-7-15(12)2/h3-5,12,14H,6-8H2,1-2H3. The maximum absolute atomic E-state index is 3.59. The Morgan fingerprint density at radius 2 is 2.27 bits per heavy atom. The van der Waals surface area contributed by atoms with Crippen molar-refractivity contribution in [2.45, 2.75) is 13.0 Å². The van der Waals surface area contributed by atoms with Gasteiger partial charge in [-0.15, -0.1) is 0 Å². The van der Waals surface area contributed by atoms with Gasteiger partial charge in [-0.3, -0.25) is 4.90 Å². The SMILES string of the molecule is Cc1c(Br)cccc1C1CNCCN1C. The third kappa shape index (κ3) is 2.25. The van der Waals surface area contributed by atoms with Gasteiger partial charge < -0.3 is 5.32 Å². The van der Waals surface area contributed by atoms with E-state index in [2.05, 4.69) is 58.3 Å². The van der Waals surface area contributed by atoms with Gasteiger partial charge in [0.25, 0.3) is 0 Å². The van der Waals surface area contributed by atoms with Crippen molar-refractivity contribution in [2.75, 3.05) is 26.7 Å². The largest absolute Gasteiger partial charge is 0.314 e.